The van der Waals surface area contributed by atoms with Crippen LogP contribution in [0.2, 0.25) is 0 Å². The average molecular weight is 365 g/mol. The lowest BCUT2D eigenvalue weighted by Crippen LogP contribution is -2.48. The molecule has 0 spiro atoms. The monoisotopic (exact) mass is 364 g/mol. The Morgan fingerprint density at radius 2 is 1.90 bits per heavy atom. The summed E-state index contributed by atoms with van der Waals surface area (Å²) in [5.74, 6) is 0.205. The molecular weight excluding hydrogens is 348 g/mol. The predicted molar refractivity (Wildman–Crippen MR) is 90.8 cm³/mol. The van der Waals surface area contributed by atoms with E-state index in [-0.39, 0.29) is 17.2 Å². The van der Waals surface area contributed by atoms with Crippen molar-refractivity contribution in [3.8, 4) is 0 Å². The lowest BCUT2D eigenvalue weighted by atomic mass is 9.73. The first-order valence-electron chi connectivity index (χ1n) is 6.95. The molecule has 110 valence electrons. The van der Waals surface area contributed by atoms with Crippen LogP contribution in [0.4, 0.5) is 0 Å². The van der Waals surface area contributed by atoms with Crippen molar-refractivity contribution in [2.45, 2.75) is 32.7 Å². The molecule has 21 heavy (non-hydrogen) atoms. The van der Waals surface area contributed by atoms with Gasteiger partial charge < -0.3 is 10.6 Å². The highest BCUT2D eigenvalue weighted by Crippen LogP contribution is 2.41. The molecule has 0 saturated carbocycles. The SMILES string of the molecule is CC1(C)CC(=O)C2=C(C1)NC(=S)N[C@@H]2c1ccc(Br)cc1. The summed E-state index contributed by atoms with van der Waals surface area (Å²) in [6.07, 6.45) is 1.43. The minimum Gasteiger partial charge on any atom is -0.351 e. The summed E-state index contributed by atoms with van der Waals surface area (Å²) in [6, 6.07) is 7.87. The molecule has 1 aromatic carbocycles. The van der Waals surface area contributed by atoms with E-state index in [0.29, 0.717) is 11.5 Å². The topological polar surface area (TPSA) is 41.1 Å². The van der Waals surface area contributed by atoms with Crippen molar-refractivity contribution >= 4 is 39.0 Å². The van der Waals surface area contributed by atoms with Gasteiger partial charge in [-0.2, -0.15) is 0 Å². The van der Waals surface area contributed by atoms with Crippen LogP contribution in [-0.4, -0.2) is 10.9 Å². The summed E-state index contributed by atoms with van der Waals surface area (Å²) < 4.78 is 1.02. The molecule has 1 aliphatic carbocycles. The van der Waals surface area contributed by atoms with Crippen LogP contribution in [0.25, 0.3) is 0 Å². The highest BCUT2D eigenvalue weighted by molar-refractivity contribution is 9.10. The average Bonchev–Trinajstić information content (AvgIpc) is 2.36. The summed E-state index contributed by atoms with van der Waals surface area (Å²) in [5, 5.41) is 7.01. The van der Waals surface area contributed by atoms with E-state index in [9.17, 15) is 4.79 Å². The Morgan fingerprint density at radius 1 is 1.24 bits per heavy atom. The van der Waals surface area contributed by atoms with Gasteiger partial charge in [0.1, 0.15) is 0 Å². The molecule has 0 bridgehead atoms. The minimum absolute atomic E-state index is 0.0138. The van der Waals surface area contributed by atoms with Crippen molar-refractivity contribution in [1.29, 1.82) is 0 Å². The highest BCUT2D eigenvalue weighted by Gasteiger charge is 2.39. The van der Waals surface area contributed by atoms with E-state index in [0.717, 1.165) is 27.7 Å². The molecule has 1 heterocycles. The van der Waals surface area contributed by atoms with Crippen molar-refractivity contribution in [3.05, 3.63) is 45.6 Å². The summed E-state index contributed by atoms with van der Waals surface area (Å²) in [6.45, 7) is 4.24. The molecule has 0 radical (unpaired) electrons. The van der Waals surface area contributed by atoms with Gasteiger partial charge in [0.2, 0.25) is 0 Å². The molecule has 2 N–H and O–H groups in total. The molecule has 3 rings (SSSR count). The number of allylic oxidation sites excluding steroid dienone is 1. The van der Waals surface area contributed by atoms with E-state index < -0.39 is 0 Å². The van der Waals surface area contributed by atoms with Crippen molar-refractivity contribution in [3.63, 3.8) is 0 Å². The van der Waals surface area contributed by atoms with Crippen molar-refractivity contribution < 1.29 is 4.79 Å². The molecule has 3 nitrogen and oxygen atoms in total. The molecular formula is C16H17BrN2OS. The molecule has 1 aliphatic heterocycles. The molecule has 0 amide bonds. The number of nitrogens with one attached hydrogen (secondary N) is 2. The Bertz CT molecular complexity index is 649. The maximum Gasteiger partial charge on any atom is 0.171 e. The van der Waals surface area contributed by atoms with Gasteiger partial charge in [-0.15, -0.1) is 0 Å². The van der Waals surface area contributed by atoms with E-state index in [1.165, 1.54) is 0 Å². The standard InChI is InChI=1S/C16H17BrN2OS/c1-16(2)7-11-13(12(20)8-16)14(19-15(21)18-11)9-3-5-10(17)6-4-9/h3-6,14H,7-8H2,1-2H3,(H2,18,19,21)/t14-/m1/s1. The van der Waals surface area contributed by atoms with Crippen LogP contribution in [-0.2, 0) is 4.79 Å². The van der Waals surface area contributed by atoms with E-state index >= 15 is 0 Å². The molecule has 1 aromatic rings. The van der Waals surface area contributed by atoms with Crippen LogP contribution in [0.15, 0.2) is 40.0 Å². The van der Waals surface area contributed by atoms with Crippen LogP contribution < -0.4 is 10.6 Å². The molecule has 0 unspecified atom stereocenters. The summed E-state index contributed by atoms with van der Waals surface area (Å²) in [4.78, 5) is 12.6. The summed E-state index contributed by atoms with van der Waals surface area (Å²) >= 11 is 8.75. The minimum atomic E-state index is -0.148. The van der Waals surface area contributed by atoms with Crippen molar-refractivity contribution in [1.82, 2.24) is 10.6 Å². The second-order valence-electron chi connectivity index (χ2n) is 6.42. The van der Waals surface area contributed by atoms with Crippen LogP contribution in [0.5, 0.6) is 0 Å². The number of halogens is 1. The third kappa shape index (κ3) is 2.90. The zero-order valence-corrected chi connectivity index (χ0v) is 14.4. The van der Waals surface area contributed by atoms with Gasteiger partial charge in [-0.1, -0.05) is 41.9 Å². The van der Waals surface area contributed by atoms with Crippen LogP contribution in [0.1, 0.15) is 38.3 Å². The number of rotatable bonds is 1. The molecule has 1 atom stereocenters. The summed E-state index contributed by atoms with van der Waals surface area (Å²) in [7, 11) is 0. The predicted octanol–water partition coefficient (Wildman–Crippen LogP) is 3.61. The lowest BCUT2D eigenvalue weighted by Gasteiger charge is -2.39. The Labute approximate surface area is 138 Å². The smallest absolute Gasteiger partial charge is 0.171 e. The Kier molecular flexibility index (Phi) is 3.66. The number of thiocarbonyl (C=S) groups is 1. The van der Waals surface area contributed by atoms with Crippen LogP contribution in [0, 0.1) is 5.41 Å². The number of hydrogen-bond donors (Lipinski definition) is 2. The van der Waals surface area contributed by atoms with E-state index in [1.807, 2.05) is 24.3 Å². The number of ketones is 1. The van der Waals surface area contributed by atoms with Gasteiger partial charge in [-0.05, 0) is 41.7 Å². The Balaban J connectivity index is 2.06. The van der Waals surface area contributed by atoms with Gasteiger partial charge in [0.25, 0.3) is 0 Å². The summed E-state index contributed by atoms with van der Waals surface area (Å²) in [5.41, 5.74) is 2.86. The Morgan fingerprint density at radius 3 is 2.57 bits per heavy atom. The number of carbonyl (C=O) groups excluding carboxylic acids is 1. The molecule has 0 fully saturated rings. The fourth-order valence-electron chi connectivity index (χ4n) is 3.06. The number of hydrogen-bond acceptors (Lipinski definition) is 2. The van der Waals surface area contributed by atoms with E-state index in [4.69, 9.17) is 12.2 Å². The van der Waals surface area contributed by atoms with E-state index in [1.54, 1.807) is 0 Å². The zero-order chi connectivity index (χ0) is 15.2. The second-order valence-corrected chi connectivity index (χ2v) is 7.74. The van der Waals surface area contributed by atoms with Crippen LogP contribution in [0.3, 0.4) is 0 Å². The first-order valence-corrected chi connectivity index (χ1v) is 8.15. The van der Waals surface area contributed by atoms with Crippen molar-refractivity contribution in [2.75, 3.05) is 0 Å². The fourth-order valence-corrected chi connectivity index (χ4v) is 3.57. The fraction of sp³-hybridized carbons (Fsp3) is 0.375. The largest absolute Gasteiger partial charge is 0.351 e. The zero-order valence-electron chi connectivity index (χ0n) is 12.0. The molecule has 5 heteroatoms. The number of benzene rings is 1. The van der Waals surface area contributed by atoms with Gasteiger partial charge >= 0.3 is 0 Å². The second kappa shape index (κ2) is 5.21. The molecule has 0 saturated heterocycles. The number of Topliss-reactive ketones (excluding diaryl/α,β-unsaturated/α-hetero) is 1. The maximum atomic E-state index is 12.6. The third-order valence-electron chi connectivity index (χ3n) is 3.95. The van der Waals surface area contributed by atoms with Gasteiger partial charge in [-0.3, -0.25) is 4.79 Å². The van der Waals surface area contributed by atoms with Gasteiger partial charge in [0.15, 0.2) is 10.9 Å². The van der Waals surface area contributed by atoms with E-state index in [2.05, 4.69) is 40.4 Å². The highest BCUT2D eigenvalue weighted by atomic mass is 79.9. The van der Waals surface area contributed by atoms with Crippen molar-refractivity contribution in [2.24, 2.45) is 5.41 Å². The normalized spacial score (nSPS) is 24.2. The van der Waals surface area contributed by atoms with Crippen LogP contribution >= 0.6 is 28.1 Å². The molecule has 2 aliphatic rings. The quantitative estimate of drug-likeness (QED) is 0.746. The first-order chi connectivity index (χ1) is 9.85. The third-order valence-corrected chi connectivity index (χ3v) is 4.70. The van der Waals surface area contributed by atoms with Gasteiger partial charge in [0.05, 0.1) is 6.04 Å². The Hall–Kier alpha value is -1.20. The van der Waals surface area contributed by atoms with Gasteiger partial charge in [-0.25, -0.2) is 0 Å². The first kappa shape index (κ1) is 14.7. The maximum absolute atomic E-state index is 12.6. The number of carbonyl (C=O) groups is 1. The lowest BCUT2D eigenvalue weighted by molar-refractivity contribution is -0.118. The van der Waals surface area contributed by atoms with Gasteiger partial charge in [0, 0.05) is 22.2 Å². The molecule has 0 aromatic heterocycles.